The summed E-state index contributed by atoms with van der Waals surface area (Å²) in [4.78, 5) is -0.255. The second kappa shape index (κ2) is 14.2. The maximum atomic E-state index is 11.4. The molecule has 0 aliphatic carbocycles. The first kappa shape index (κ1) is 26.2. The third-order valence-electron chi connectivity index (χ3n) is 4.85. The molecule has 0 bridgehead atoms. The molecule has 2 aromatic carbocycles. The van der Waals surface area contributed by atoms with Crippen molar-refractivity contribution in [2.75, 3.05) is 0 Å². The molecule has 0 radical (unpaired) electrons. The van der Waals surface area contributed by atoms with E-state index in [0.29, 0.717) is 11.5 Å². The Bertz CT molecular complexity index is 807. The summed E-state index contributed by atoms with van der Waals surface area (Å²) in [6.45, 7) is 2.23. The van der Waals surface area contributed by atoms with E-state index in [1.807, 2.05) is 18.2 Å². The second-order valence-electron chi connectivity index (χ2n) is 7.22. The molecule has 0 unspecified atom stereocenters. The smallest absolute Gasteiger partial charge is 0.744 e. The summed E-state index contributed by atoms with van der Waals surface area (Å²) in [6, 6.07) is 13.6. The number of benzene rings is 2. The van der Waals surface area contributed by atoms with Crippen LogP contribution in [-0.2, 0) is 16.5 Å². The summed E-state index contributed by atoms with van der Waals surface area (Å²) in [5.74, 6) is 1.07. The van der Waals surface area contributed by atoms with Gasteiger partial charge in [0.25, 0.3) is 0 Å². The van der Waals surface area contributed by atoms with E-state index in [4.69, 9.17) is 4.74 Å². The Morgan fingerprint density at radius 1 is 0.828 bits per heavy atom. The minimum Gasteiger partial charge on any atom is -0.744 e. The second-order valence-corrected chi connectivity index (χ2v) is 8.60. The molecular formula is C23H31NaO4S. The van der Waals surface area contributed by atoms with Gasteiger partial charge in [-0.05, 0) is 42.7 Å². The van der Waals surface area contributed by atoms with Crippen LogP contribution in [0.2, 0.25) is 0 Å². The minimum atomic E-state index is -4.51. The zero-order valence-corrected chi connectivity index (χ0v) is 20.5. The topological polar surface area (TPSA) is 66.4 Å². The first-order chi connectivity index (χ1) is 13.5. The molecule has 0 saturated carbocycles. The third-order valence-corrected chi connectivity index (χ3v) is 5.68. The third kappa shape index (κ3) is 10.1. The molecule has 0 fully saturated rings. The van der Waals surface area contributed by atoms with Crippen molar-refractivity contribution >= 4 is 10.1 Å². The van der Waals surface area contributed by atoms with Gasteiger partial charge in [0.1, 0.15) is 21.6 Å². The molecule has 0 heterocycles. The summed E-state index contributed by atoms with van der Waals surface area (Å²) >= 11 is 0. The van der Waals surface area contributed by atoms with Crippen LogP contribution in [0.25, 0.3) is 0 Å². The van der Waals surface area contributed by atoms with Gasteiger partial charge in [-0.3, -0.25) is 0 Å². The molecule has 0 amide bonds. The van der Waals surface area contributed by atoms with Gasteiger partial charge in [-0.2, -0.15) is 0 Å². The van der Waals surface area contributed by atoms with Crippen molar-refractivity contribution in [2.45, 2.75) is 76.0 Å². The van der Waals surface area contributed by atoms with Crippen molar-refractivity contribution in [1.82, 2.24) is 0 Å². The van der Waals surface area contributed by atoms with Crippen LogP contribution in [0.3, 0.4) is 0 Å². The summed E-state index contributed by atoms with van der Waals surface area (Å²) < 4.78 is 40.0. The predicted octanol–water partition coefficient (Wildman–Crippen LogP) is 3.46. The van der Waals surface area contributed by atoms with Crippen molar-refractivity contribution in [1.29, 1.82) is 0 Å². The van der Waals surface area contributed by atoms with E-state index in [-0.39, 0.29) is 34.5 Å². The molecule has 2 rings (SSSR count). The molecule has 6 heteroatoms. The first-order valence-corrected chi connectivity index (χ1v) is 11.7. The Labute approximate surface area is 198 Å². The Morgan fingerprint density at radius 2 is 1.41 bits per heavy atom. The standard InChI is InChI=1S/C23H32O4S.Na/c1-2-3-4-5-6-7-8-9-11-14-20-17-18-22(28(24,25)26)19-23(20)27-21-15-12-10-13-16-21;/h10,12-13,15-19H,2-9,11,14H2,1H3,(H,24,25,26);/q;+1/p-1. The van der Waals surface area contributed by atoms with E-state index in [2.05, 4.69) is 6.92 Å². The van der Waals surface area contributed by atoms with Crippen LogP contribution in [0.1, 0.15) is 70.3 Å². The van der Waals surface area contributed by atoms with Crippen LogP contribution >= 0.6 is 0 Å². The van der Waals surface area contributed by atoms with Gasteiger partial charge in [-0.25, -0.2) is 8.42 Å². The molecule has 0 saturated heterocycles. The van der Waals surface area contributed by atoms with Crippen LogP contribution in [0, 0.1) is 0 Å². The van der Waals surface area contributed by atoms with E-state index >= 15 is 0 Å². The number of para-hydroxylation sites is 1. The zero-order valence-electron chi connectivity index (χ0n) is 17.7. The Balaban J connectivity index is 0.00000420. The van der Waals surface area contributed by atoms with Crippen LogP contribution in [0.4, 0.5) is 0 Å². The number of rotatable bonds is 13. The summed E-state index contributed by atoms with van der Waals surface area (Å²) in [7, 11) is -4.51. The Morgan fingerprint density at radius 3 is 2.00 bits per heavy atom. The molecule has 0 aliphatic rings. The van der Waals surface area contributed by atoms with Crippen molar-refractivity contribution in [3.63, 3.8) is 0 Å². The molecule has 29 heavy (non-hydrogen) atoms. The quantitative estimate of drug-likeness (QED) is 0.279. The normalized spacial score (nSPS) is 11.1. The van der Waals surface area contributed by atoms with Crippen molar-refractivity contribution in [2.24, 2.45) is 0 Å². The molecular weight excluding hydrogens is 395 g/mol. The van der Waals surface area contributed by atoms with E-state index in [9.17, 15) is 13.0 Å². The maximum Gasteiger partial charge on any atom is 1.00 e. The molecule has 0 aliphatic heterocycles. The van der Waals surface area contributed by atoms with E-state index < -0.39 is 10.1 Å². The molecule has 4 nitrogen and oxygen atoms in total. The maximum absolute atomic E-state index is 11.4. The van der Waals surface area contributed by atoms with Gasteiger partial charge in [0, 0.05) is 0 Å². The van der Waals surface area contributed by atoms with Gasteiger partial charge in [-0.1, -0.05) is 82.6 Å². The Hall–Kier alpha value is -0.850. The van der Waals surface area contributed by atoms with E-state index in [1.165, 1.54) is 57.1 Å². The average Bonchev–Trinajstić information content (AvgIpc) is 2.67. The van der Waals surface area contributed by atoms with Crippen LogP contribution in [0.5, 0.6) is 11.5 Å². The molecule has 0 spiro atoms. The van der Waals surface area contributed by atoms with Gasteiger partial charge in [-0.15, -0.1) is 0 Å². The van der Waals surface area contributed by atoms with Crippen LogP contribution < -0.4 is 34.3 Å². The SMILES string of the molecule is CCCCCCCCCCCc1ccc(S(=O)(=O)[O-])cc1Oc1ccccc1.[Na+]. The van der Waals surface area contributed by atoms with Gasteiger partial charge >= 0.3 is 29.6 Å². The van der Waals surface area contributed by atoms with Gasteiger partial charge in [0.2, 0.25) is 0 Å². The fourth-order valence-corrected chi connectivity index (χ4v) is 3.72. The van der Waals surface area contributed by atoms with Crippen molar-refractivity contribution in [3.8, 4) is 11.5 Å². The number of ether oxygens (including phenoxy) is 1. The largest absolute Gasteiger partial charge is 1.00 e. The van der Waals surface area contributed by atoms with Crippen LogP contribution in [-0.4, -0.2) is 13.0 Å². The van der Waals surface area contributed by atoms with E-state index in [0.717, 1.165) is 24.8 Å². The fourth-order valence-electron chi connectivity index (χ4n) is 3.23. The molecule has 2 aromatic rings. The number of unbranched alkanes of at least 4 members (excludes halogenated alkanes) is 8. The summed E-state index contributed by atoms with van der Waals surface area (Å²) in [6.07, 6.45) is 12.0. The van der Waals surface area contributed by atoms with Crippen LogP contribution in [0.15, 0.2) is 53.4 Å². The minimum absolute atomic E-state index is 0. The molecule has 0 atom stereocenters. The number of aryl methyl sites for hydroxylation is 1. The van der Waals surface area contributed by atoms with Gasteiger partial charge in [0.05, 0.1) is 4.90 Å². The van der Waals surface area contributed by atoms with Gasteiger partial charge in [0.15, 0.2) is 0 Å². The monoisotopic (exact) mass is 426 g/mol. The zero-order chi connectivity index (χ0) is 20.2. The predicted molar refractivity (Wildman–Crippen MR) is 112 cm³/mol. The van der Waals surface area contributed by atoms with Gasteiger partial charge < -0.3 is 9.29 Å². The molecule has 0 aromatic heterocycles. The summed E-state index contributed by atoms with van der Waals surface area (Å²) in [5.41, 5.74) is 0.930. The van der Waals surface area contributed by atoms with Crippen molar-refractivity contribution in [3.05, 3.63) is 54.1 Å². The molecule has 0 N–H and O–H groups in total. The Kier molecular flexibility index (Phi) is 12.8. The average molecular weight is 427 g/mol. The number of hydrogen-bond acceptors (Lipinski definition) is 4. The van der Waals surface area contributed by atoms with E-state index in [1.54, 1.807) is 18.2 Å². The summed E-state index contributed by atoms with van der Waals surface area (Å²) in [5, 5.41) is 0. The molecule has 154 valence electrons. The first-order valence-electron chi connectivity index (χ1n) is 10.3. The van der Waals surface area contributed by atoms with Crippen molar-refractivity contribution < 1.29 is 47.3 Å². The fraction of sp³-hybridized carbons (Fsp3) is 0.478. The number of hydrogen-bond donors (Lipinski definition) is 0.